The Kier molecular flexibility index (Phi) is 4.69. The van der Waals surface area contributed by atoms with Gasteiger partial charge in [-0.2, -0.15) is 4.72 Å². The second-order valence-corrected chi connectivity index (χ2v) is 6.86. The number of nitrogens with one attached hydrogen (secondary N) is 1. The number of pyridine rings is 1. The molecule has 3 rings (SSSR count). The molecule has 0 aliphatic rings. The third-order valence-corrected chi connectivity index (χ3v) is 5.03. The minimum atomic E-state index is -4.03. The topological polar surface area (TPSA) is 59.1 Å². The smallest absolute Gasteiger partial charge is 0.244 e. The molecule has 1 atom stereocenters. The number of aromatic nitrogens is 1. The molecule has 1 aromatic heterocycles. The molecular formula is C18H15FN2O2S. The summed E-state index contributed by atoms with van der Waals surface area (Å²) < 4.78 is 41.8. The maximum absolute atomic E-state index is 13.9. The monoisotopic (exact) mass is 342 g/mol. The highest BCUT2D eigenvalue weighted by Gasteiger charge is 2.25. The zero-order valence-corrected chi connectivity index (χ0v) is 13.4. The number of benzene rings is 2. The van der Waals surface area contributed by atoms with Crippen LogP contribution in [0.4, 0.5) is 4.39 Å². The number of hydrogen-bond donors (Lipinski definition) is 1. The lowest BCUT2D eigenvalue weighted by molar-refractivity contribution is 0.550. The summed E-state index contributed by atoms with van der Waals surface area (Å²) in [6.07, 6.45) is 3.17. The summed E-state index contributed by atoms with van der Waals surface area (Å²) in [6.45, 7) is 0. The van der Waals surface area contributed by atoms with Gasteiger partial charge in [0.1, 0.15) is 10.7 Å². The second kappa shape index (κ2) is 6.90. The molecular weight excluding hydrogens is 327 g/mol. The largest absolute Gasteiger partial charge is 0.265 e. The molecule has 0 fully saturated rings. The number of halogens is 1. The van der Waals surface area contributed by atoms with E-state index in [0.29, 0.717) is 0 Å². The van der Waals surface area contributed by atoms with Gasteiger partial charge in [0, 0.05) is 12.4 Å². The van der Waals surface area contributed by atoms with Crippen LogP contribution in [-0.4, -0.2) is 13.4 Å². The van der Waals surface area contributed by atoms with Gasteiger partial charge in [0.05, 0.1) is 6.04 Å². The maximum atomic E-state index is 13.9. The highest BCUT2D eigenvalue weighted by molar-refractivity contribution is 7.89. The van der Waals surface area contributed by atoms with Gasteiger partial charge >= 0.3 is 0 Å². The molecule has 0 saturated carbocycles. The first-order valence-electron chi connectivity index (χ1n) is 7.30. The Bertz CT molecular complexity index is 877. The average molecular weight is 342 g/mol. The van der Waals surface area contributed by atoms with Crippen molar-refractivity contribution >= 4 is 10.0 Å². The van der Waals surface area contributed by atoms with Crippen molar-refractivity contribution in [1.29, 1.82) is 0 Å². The lowest BCUT2D eigenvalue weighted by Crippen LogP contribution is -2.30. The van der Waals surface area contributed by atoms with Crippen LogP contribution in [0.15, 0.2) is 84.0 Å². The first kappa shape index (κ1) is 16.3. The van der Waals surface area contributed by atoms with E-state index in [1.807, 2.05) is 30.3 Å². The van der Waals surface area contributed by atoms with E-state index in [-0.39, 0.29) is 4.90 Å². The van der Waals surface area contributed by atoms with Gasteiger partial charge in [0.2, 0.25) is 10.0 Å². The number of rotatable bonds is 5. The Labute approximate surface area is 140 Å². The maximum Gasteiger partial charge on any atom is 0.244 e. The van der Waals surface area contributed by atoms with Crippen LogP contribution in [0.3, 0.4) is 0 Å². The summed E-state index contributed by atoms with van der Waals surface area (Å²) in [5, 5.41) is 0. The van der Waals surface area contributed by atoms with Gasteiger partial charge in [-0.25, -0.2) is 12.8 Å². The van der Waals surface area contributed by atoms with E-state index in [1.54, 1.807) is 24.5 Å². The Morgan fingerprint density at radius 1 is 0.833 bits per heavy atom. The molecule has 0 radical (unpaired) electrons. The Balaban J connectivity index is 2.03. The van der Waals surface area contributed by atoms with E-state index in [1.165, 1.54) is 18.2 Å². The van der Waals surface area contributed by atoms with Crippen molar-refractivity contribution in [3.05, 3.63) is 96.1 Å². The molecule has 0 amide bonds. The summed E-state index contributed by atoms with van der Waals surface area (Å²) in [4.78, 5) is 3.58. The van der Waals surface area contributed by atoms with E-state index >= 15 is 0 Å². The van der Waals surface area contributed by atoms with Crippen LogP contribution in [0.5, 0.6) is 0 Å². The van der Waals surface area contributed by atoms with Gasteiger partial charge in [0.25, 0.3) is 0 Å². The number of sulfonamides is 1. The Morgan fingerprint density at radius 3 is 2.08 bits per heavy atom. The summed E-state index contributed by atoms with van der Waals surface area (Å²) in [5.41, 5.74) is 1.47. The fourth-order valence-electron chi connectivity index (χ4n) is 2.41. The molecule has 0 unspecified atom stereocenters. The standard InChI is InChI=1S/C18H15FN2O2S/c19-16-8-4-5-9-17(16)24(22,23)21-18(14-6-2-1-3-7-14)15-10-12-20-13-11-15/h1-13,18,21H/t18-/m0/s1. The highest BCUT2D eigenvalue weighted by Crippen LogP contribution is 2.24. The fraction of sp³-hybridized carbons (Fsp3) is 0.0556. The zero-order valence-electron chi connectivity index (χ0n) is 12.6. The minimum Gasteiger partial charge on any atom is -0.265 e. The highest BCUT2D eigenvalue weighted by atomic mass is 32.2. The molecule has 4 nitrogen and oxygen atoms in total. The molecule has 0 spiro atoms. The first-order chi connectivity index (χ1) is 11.6. The van der Waals surface area contributed by atoms with Crippen LogP contribution >= 0.6 is 0 Å². The molecule has 0 aliphatic heterocycles. The van der Waals surface area contributed by atoms with E-state index in [2.05, 4.69) is 9.71 Å². The molecule has 0 aliphatic carbocycles. The van der Waals surface area contributed by atoms with Crippen molar-refractivity contribution in [3.8, 4) is 0 Å². The van der Waals surface area contributed by atoms with Crippen LogP contribution < -0.4 is 4.72 Å². The molecule has 2 aromatic carbocycles. The summed E-state index contributed by atoms with van der Waals surface area (Å²) in [7, 11) is -4.03. The SMILES string of the molecule is O=S(=O)(N[C@@H](c1ccccc1)c1ccncc1)c1ccccc1F. The van der Waals surface area contributed by atoms with E-state index in [0.717, 1.165) is 17.2 Å². The van der Waals surface area contributed by atoms with Crippen LogP contribution in [0, 0.1) is 5.82 Å². The van der Waals surface area contributed by atoms with Gasteiger partial charge < -0.3 is 0 Å². The Morgan fingerprint density at radius 2 is 1.42 bits per heavy atom. The van der Waals surface area contributed by atoms with E-state index in [4.69, 9.17) is 0 Å². The van der Waals surface area contributed by atoms with Crippen molar-refractivity contribution in [2.75, 3.05) is 0 Å². The summed E-state index contributed by atoms with van der Waals surface area (Å²) in [6, 6.07) is 17.2. The zero-order chi connectivity index (χ0) is 17.0. The van der Waals surface area contributed by atoms with Gasteiger partial charge in [0.15, 0.2) is 0 Å². The van der Waals surface area contributed by atoms with Gasteiger partial charge in [-0.3, -0.25) is 4.98 Å². The van der Waals surface area contributed by atoms with Crippen LogP contribution in [0.25, 0.3) is 0 Å². The third-order valence-electron chi connectivity index (χ3n) is 3.57. The van der Waals surface area contributed by atoms with Crippen LogP contribution in [0.1, 0.15) is 17.2 Å². The minimum absolute atomic E-state index is 0.375. The van der Waals surface area contributed by atoms with Gasteiger partial charge in [-0.1, -0.05) is 42.5 Å². The second-order valence-electron chi connectivity index (χ2n) is 5.18. The predicted molar refractivity (Wildman–Crippen MR) is 89.2 cm³/mol. The molecule has 3 aromatic rings. The summed E-state index contributed by atoms with van der Waals surface area (Å²) in [5.74, 6) is -0.786. The van der Waals surface area contributed by atoms with Crippen molar-refractivity contribution in [1.82, 2.24) is 9.71 Å². The van der Waals surface area contributed by atoms with Crippen LogP contribution in [-0.2, 0) is 10.0 Å². The quantitative estimate of drug-likeness (QED) is 0.774. The van der Waals surface area contributed by atoms with Crippen molar-refractivity contribution in [2.24, 2.45) is 0 Å². The van der Waals surface area contributed by atoms with E-state index in [9.17, 15) is 12.8 Å². The van der Waals surface area contributed by atoms with Crippen molar-refractivity contribution < 1.29 is 12.8 Å². The first-order valence-corrected chi connectivity index (χ1v) is 8.78. The number of nitrogens with zero attached hydrogens (tertiary/aromatic N) is 1. The summed E-state index contributed by atoms with van der Waals surface area (Å²) >= 11 is 0. The van der Waals surface area contributed by atoms with Crippen molar-refractivity contribution in [3.63, 3.8) is 0 Å². The third kappa shape index (κ3) is 3.50. The molecule has 0 saturated heterocycles. The lowest BCUT2D eigenvalue weighted by atomic mass is 10.0. The number of hydrogen-bond acceptors (Lipinski definition) is 3. The molecule has 0 bridgehead atoms. The Hall–Kier alpha value is -2.57. The molecule has 6 heteroatoms. The van der Waals surface area contributed by atoms with Crippen molar-refractivity contribution in [2.45, 2.75) is 10.9 Å². The van der Waals surface area contributed by atoms with Gasteiger partial charge in [-0.05, 0) is 35.4 Å². The fourth-order valence-corrected chi connectivity index (χ4v) is 3.70. The molecule has 24 heavy (non-hydrogen) atoms. The van der Waals surface area contributed by atoms with Crippen LogP contribution in [0.2, 0.25) is 0 Å². The van der Waals surface area contributed by atoms with E-state index < -0.39 is 21.9 Å². The predicted octanol–water partition coefficient (Wildman–Crippen LogP) is 3.29. The molecule has 1 N–H and O–H groups in total. The lowest BCUT2D eigenvalue weighted by Gasteiger charge is -2.20. The van der Waals surface area contributed by atoms with Gasteiger partial charge in [-0.15, -0.1) is 0 Å². The molecule has 122 valence electrons. The average Bonchev–Trinajstić information content (AvgIpc) is 2.61. The normalized spacial score (nSPS) is 12.7. The molecule has 1 heterocycles.